The first-order valence-corrected chi connectivity index (χ1v) is 8.64. The molecule has 1 aromatic heterocycles. The second-order valence-electron chi connectivity index (χ2n) is 6.39. The fraction of sp³-hybridized carbons (Fsp3) is 0.286. The van der Waals surface area contributed by atoms with Crippen molar-refractivity contribution in [1.29, 1.82) is 0 Å². The Labute approximate surface area is 153 Å². The second-order valence-corrected chi connectivity index (χ2v) is 6.39. The summed E-state index contributed by atoms with van der Waals surface area (Å²) in [4.78, 5) is 4.29. The van der Waals surface area contributed by atoms with Crippen molar-refractivity contribution in [1.82, 2.24) is 9.55 Å². The molecule has 0 saturated carbocycles. The molecule has 0 aliphatic heterocycles. The smallest absolute Gasteiger partial charge is 0.123 e. The van der Waals surface area contributed by atoms with Crippen molar-refractivity contribution in [2.24, 2.45) is 0 Å². The van der Waals surface area contributed by atoms with Gasteiger partial charge in [0.25, 0.3) is 0 Å². The van der Waals surface area contributed by atoms with Crippen LogP contribution in [0.4, 0.5) is 0 Å². The van der Waals surface area contributed by atoms with Crippen molar-refractivity contribution in [3.8, 4) is 0 Å². The van der Waals surface area contributed by atoms with Gasteiger partial charge in [0.2, 0.25) is 0 Å². The summed E-state index contributed by atoms with van der Waals surface area (Å²) < 4.78 is 6.98. The monoisotopic (exact) mass is 352 g/mol. The highest BCUT2D eigenvalue weighted by atomic mass is 16.5. The molecule has 1 unspecified atom stereocenters. The highest BCUT2D eigenvalue weighted by molar-refractivity contribution is 5.36. The average Bonchev–Trinajstić information content (AvgIpc) is 3.10. The van der Waals surface area contributed by atoms with Crippen LogP contribution in [0.25, 0.3) is 0 Å². The number of nitrogens with zero attached hydrogens (tertiary/aromatic N) is 2. The van der Waals surface area contributed by atoms with Gasteiger partial charge in [-0.3, -0.25) is 0 Å². The molecule has 0 spiro atoms. The fourth-order valence-electron chi connectivity index (χ4n) is 3.24. The van der Waals surface area contributed by atoms with E-state index in [4.69, 9.17) is 4.74 Å². The number of hydrogen-bond donors (Lipinski definition) is 2. The molecule has 3 rings (SSSR count). The Bertz CT molecular complexity index is 763. The van der Waals surface area contributed by atoms with Crippen molar-refractivity contribution >= 4 is 0 Å². The summed E-state index contributed by atoms with van der Waals surface area (Å²) in [6.07, 6.45) is 3.23. The topological polar surface area (TPSA) is 67.5 Å². The molecular weight excluding hydrogens is 328 g/mol. The summed E-state index contributed by atoms with van der Waals surface area (Å²) in [5.41, 5.74) is 0.233. The van der Waals surface area contributed by atoms with Crippen LogP contribution in [-0.4, -0.2) is 33.0 Å². The van der Waals surface area contributed by atoms with Crippen molar-refractivity contribution in [2.45, 2.75) is 31.3 Å². The van der Waals surface area contributed by atoms with Crippen molar-refractivity contribution < 1.29 is 14.9 Å². The molecule has 0 amide bonds. The zero-order valence-electron chi connectivity index (χ0n) is 14.8. The molecule has 0 saturated heterocycles. The van der Waals surface area contributed by atoms with Gasteiger partial charge in [-0.1, -0.05) is 60.7 Å². The maximum atomic E-state index is 11.5. The van der Waals surface area contributed by atoms with Crippen LogP contribution in [0, 0.1) is 0 Å². The number of hydrogen-bond acceptors (Lipinski definition) is 4. The number of imidazole rings is 1. The van der Waals surface area contributed by atoms with E-state index in [2.05, 4.69) is 4.98 Å². The lowest BCUT2D eigenvalue weighted by Crippen LogP contribution is -2.33. The van der Waals surface area contributed by atoms with E-state index in [1.165, 1.54) is 0 Å². The van der Waals surface area contributed by atoms with Crippen LogP contribution in [0.1, 0.15) is 23.4 Å². The Balaban J connectivity index is 1.85. The Hall–Kier alpha value is -2.47. The highest BCUT2D eigenvalue weighted by Crippen LogP contribution is 2.34. The molecular formula is C21H24N2O3. The lowest BCUT2D eigenvalue weighted by molar-refractivity contribution is 0.0163. The Morgan fingerprint density at radius 1 is 1.04 bits per heavy atom. The third kappa shape index (κ3) is 4.02. The van der Waals surface area contributed by atoms with Crippen molar-refractivity contribution in [3.05, 3.63) is 90.0 Å². The minimum atomic E-state index is -1.28. The zero-order valence-corrected chi connectivity index (χ0v) is 14.8. The van der Waals surface area contributed by atoms with E-state index >= 15 is 0 Å². The van der Waals surface area contributed by atoms with Gasteiger partial charge < -0.3 is 19.5 Å². The lowest BCUT2D eigenvalue weighted by Gasteiger charge is -2.31. The number of aliphatic hydroxyl groups is 2. The van der Waals surface area contributed by atoms with E-state index in [9.17, 15) is 10.2 Å². The van der Waals surface area contributed by atoms with E-state index in [-0.39, 0.29) is 6.42 Å². The maximum Gasteiger partial charge on any atom is 0.123 e. The molecule has 0 radical (unpaired) electrons. The van der Waals surface area contributed by atoms with Crippen LogP contribution in [0.2, 0.25) is 0 Å². The fourth-order valence-corrected chi connectivity index (χ4v) is 3.24. The largest absolute Gasteiger partial charge is 0.393 e. The molecule has 136 valence electrons. The second kappa shape index (κ2) is 8.27. The predicted octanol–water partition coefficient (Wildman–Crippen LogP) is 2.72. The van der Waals surface area contributed by atoms with E-state index in [0.29, 0.717) is 13.2 Å². The minimum absolute atomic E-state index is 0.168. The first-order valence-electron chi connectivity index (χ1n) is 8.64. The van der Waals surface area contributed by atoms with Gasteiger partial charge in [0.05, 0.1) is 6.10 Å². The SMILES string of the molecule is COCn1ccnc1CC(O)CC(O)(c1ccccc1)c1ccccc1. The van der Waals surface area contributed by atoms with Crippen molar-refractivity contribution in [3.63, 3.8) is 0 Å². The van der Waals surface area contributed by atoms with Gasteiger partial charge in [-0.15, -0.1) is 0 Å². The van der Waals surface area contributed by atoms with Gasteiger partial charge in [-0.05, 0) is 11.1 Å². The van der Waals surface area contributed by atoms with Crippen LogP contribution in [0.15, 0.2) is 73.1 Å². The Morgan fingerprint density at radius 3 is 2.15 bits per heavy atom. The highest BCUT2D eigenvalue weighted by Gasteiger charge is 2.34. The Kier molecular flexibility index (Phi) is 5.83. The molecule has 26 heavy (non-hydrogen) atoms. The van der Waals surface area contributed by atoms with Crippen molar-refractivity contribution in [2.75, 3.05) is 7.11 Å². The van der Waals surface area contributed by atoms with Gasteiger partial charge in [-0.2, -0.15) is 0 Å². The first-order chi connectivity index (χ1) is 12.6. The molecule has 5 heteroatoms. The zero-order chi connectivity index (χ0) is 18.4. The number of benzene rings is 2. The summed E-state index contributed by atoms with van der Waals surface area (Å²) >= 11 is 0. The van der Waals surface area contributed by atoms with E-state index in [1.54, 1.807) is 13.3 Å². The summed E-state index contributed by atoms with van der Waals surface area (Å²) in [6.45, 7) is 0.379. The maximum absolute atomic E-state index is 11.5. The first kappa shape index (κ1) is 18.3. The summed E-state index contributed by atoms with van der Waals surface area (Å²) in [6, 6.07) is 18.9. The summed E-state index contributed by atoms with van der Waals surface area (Å²) in [7, 11) is 1.61. The van der Waals surface area contributed by atoms with E-state index in [1.807, 2.05) is 71.4 Å². The normalized spacial score (nSPS) is 12.9. The summed E-state index contributed by atoms with van der Waals surface area (Å²) in [5, 5.41) is 22.2. The third-order valence-electron chi connectivity index (χ3n) is 4.52. The quantitative estimate of drug-likeness (QED) is 0.654. The molecule has 2 N–H and O–H groups in total. The minimum Gasteiger partial charge on any atom is -0.393 e. The average molecular weight is 352 g/mol. The van der Waals surface area contributed by atoms with Gasteiger partial charge in [-0.25, -0.2) is 4.98 Å². The number of ether oxygens (including phenoxy) is 1. The standard InChI is InChI=1S/C21H24N2O3/c1-26-16-23-13-12-22-20(23)14-19(24)15-21(25,17-8-4-2-5-9-17)18-10-6-3-7-11-18/h2-13,19,24-25H,14-16H2,1H3. The molecule has 5 nitrogen and oxygen atoms in total. The molecule has 1 atom stereocenters. The number of aliphatic hydroxyl groups excluding tert-OH is 1. The van der Waals surface area contributed by atoms with Gasteiger partial charge in [0.15, 0.2) is 0 Å². The number of rotatable bonds is 8. The van der Waals surface area contributed by atoms with E-state index < -0.39 is 11.7 Å². The van der Waals surface area contributed by atoms with E-state index in [0.717, 1.165) is 17.0 Å². The molecule has 3 aromatic rings. The molecule has 0 aliphatic rings. The Morgan fingerprint density at radius 2 is 1.62 bits per heavy atom. The van der Waals surface area contributed by atoms with Crippen LogP contribution in [0.3, 0.4) is 0 Å². The van der Waals surface area contributed by atoms with Crippen LogP contribution in [-0.2, 0) is 23.5 Å². The third-order valence-corrected chi connectivity index (χ3v) is 4.52. The molecule has 0 fully saturated rings. The number of aromatic nitrogens is 2. The predicted molar refractivity (Wildman–Crippen MR) is 99.4 cm³/mol. The lowest BCUT2D eigenvalue weighted by atomic mass is 9.81. The molecule has 2 aromatic carbocycles. The summed E-state index contributed by atoms with van der Waals surface area (Å²) in [5.74, 6) is 0.725. The van der Waals surface area contributed by atoms with Crippen LogP contribution >= 0.6 is 0 Å². The number of methoxy groups -OCH3 is 1. The van der Waals surface area contributed by atoms with Crippen LogP contribution < -0.4 is 0 Å². The van der Waals surface area contributed by atoms with Gasteiger partial charge in [0, 0.05) is 32.3 Å². The molecule has 0 bridgehead atoms. The molecule has 1 heterocycles. The molecule has 0 aliphatic carbocycles. The van der Waals surface area contributed by atoms with Gasteiger partial charge in [0.1, 0.15) is 18.2 Å². The van der Waals surface area contributed by atoms with Gasteiger partial charge >= 0.3 is 0 Å². The van der Waals surface area contributed by atoms with Crippen LogP contribution in [0.5, 0.6) is 0 Å².